The van der Waals surface area contributed by atoms with Crippen molar-refractivity contribution < 1.29 is 4.79 Å². The minimum absolute atomic E-state index is 0.0113. The Morgan fingerprint density at radius 1 is 1.42 bits per heavy atom. The third-order valence-electron chi connectivity index (χ3n) is 2.73. The summed E-state index contributed by atoms with van der Waals surface area (Å²) in [5.74, 6) is 0.483. The SMILES string of the molecule is N#CC(CC=O)C1CCCCC1. The highest BCUT2D eigenvalue weighted by atomic mass is 16.1. The summed E-state index contributed by atoms with van der Waals surface area (Å²) in [4.78, 5) is 10.3. The molecule has 12 heavy (non-hydrogen) atoms. The van der Waals surface area contributed by atoms with Gasteiger partial charge < -0.3 is 4.79 Å². The number of carbonyl (C=O) groups is 1. The Labute approximate surface area is 73.6 Å². The van der Waals surface area contributed by atoms with Crippen molar-refractivity contribution in [2.45, 2.75) is 38.5 Å². The molecule has 1 unspecified atom stereocenters. The smallest absolute Gasteiger partial charge is 0.121 e. The van der Waals surface area contributed by atoms with Crippen molar-refractivity contribution in [3.63, 3.8) is 0 Å². The molecule has 0 bridgehead atoms. The maximum absolute atomic E-state index is 10.3. The van der Waals surface area contributed by atoms with Crippen molar-refractivity contribution in [2.24, 2.45) is 11.8 Å². The summed E-state index contributed by atoms with van der Waals surface area (Å²) in [7, 11) is 0. The first-order chi connectivity index (χ1) is 5.88. The van der Waals surface area contributed by atoms with Crippen LogP contribution in [0.25, 0.3) is 0 Å². The number of nitriles is 1. The molecule has 1 atom stereocenters. The first kappa shape index (κ1) is 9.25. The highest BCUT2D eigenvalue weighted by Crippen LogP contribution is 2.30. The second-order valence-electron chi connectivity index (χ2n) is 3.54. The van der Waals surface area contributed by atoms with Crippen LogP contribution in [0.2, 0.25) is 0 Å². The van der Waals surface area contributed by atoms with Crippen LogP contribution in [0.15, 0.2) is 0 Å². The molecule has 0 N–H and O–H groups in total. The maximum atomic E-state index is 10.3. The Hall–Kier alpha value is -0.840. The lowest BCUT2D eigenvalue weighted by molar-refractivity contribution is -0.108. The normalized spacial score (nSPS) is 21.2. The van der Waals surface area contributed by atoms with Gasteiger partial charge in [0.1, 0.15) is 6.29 Å². The molecular weight excluding hydrogens is 150 g/mol. The lowest BCUT2D eigenvalue weighted by Crippen LogP contribution is -2.16. The molecule has 66 valence electrons. The van der Waals surface area contributed by atoms with E-state index < -0.39 is 0 Å². The Bertz CT molecular complexity index is 177. The number of aldehydes is 1. The summed E-state index contributed by atoms with van der Waals surface area (Å²) in [6.07, 6.45) is 7.38. The van der Waals surface area contributed by atoms with Gasteiger partial charge >= 0.3 is 0 Å². The van der Waals surface area contributed by atoms with E-state index in [4.69, 9.17) is 5.26 Å². The van der Waals surface area contributed by atoms with Crippen molar-refractivity contribution in [2.75, 3.05) is 0 Å². The van der Waals surface area contributed by atoms with Crippen LogP contribution in [0.4, 0.5) is 0 Å². The number of carbonyl (C=O) groups excluding carboxylic acids is 1. The van der Waals surface area contributed by atoms with Gasteiger partial charge in [0.25, 0.3) is 0 Å². The molecule has 0 saturated heterocycles. The minimum Gasteiger partial charge on any atom is -0.303 e. The topological polar surface area (TPSA) is 40.9 Å². The second kappa shape index (κ2) is 4.92. The van der Waals surface area contributed by atoms with Crippen molar-refractivity contribution in [3.8, 4) is 6.07 Å². The van der Waals surface area contributed by atoms with E-state index in [2.05, 4.69) is 6.07 Å². The summed E-state index contributed by atoms with van der Waals surface area (Å²) in [5, 5.41) is 8.80. The lowest BCUT2D eigenvalue weighted by atomic mass is 9.79. The molecule has 0 aromatic rings. The number of rotatable bonds is 3. The van der Waals surface area contributed by atoms with Crippen molar-refractivity contribution >= 4 is 6.29 Å². The zero-order valence-electron chi connectivity index (χ0n) is 7.33. The molecule has 2 nitrogen and oxygen atoms in total. The summed E-state index contributed by atoms with van der Waals surface area (Å²) in [6, 6.07) is 2.24. The van der Waals surface area contributed by atoms with Gasteiger partial charge in [-0.1, -0.05) is 19.3 Å². The Morgan fingerprint density at radius 3 is 2.58 bits per heavy atom. The van der Waals surface area contributed by atoms with Crippen LogP contribution in [-0.2, 0) is 4.79 Å². The van der Waals surface area contributed by atoms with Crippen LogP contribution in [0.3, 0.4) is 0 Å². The van der Waals surface area contributed by atoms with Gasteiger partial charge in [-0.25, -0.2) is 0 Å². The molecule has 0 aromatic carbocycles. The first-order valence-electron chi connectivity index (χ1n) is 4.71. The highest BCUT2D eigenvalue weighted by Gasteiger charge is 2.22. The standard InChI is InChI=1S/C10H15NO/c11-8-10(6-7-12)9-4-2-1-3-5-9/h7,9-10H,1-6H2. The third kappa shape index (κ3) is 2.34. The van der Waals surface area contributed by atoms with Gasteiger partial charge in [0.15, 0.2) is 0 Å². The molecule has 1 saturated carbocycles. The quantitative estimate of drug-likeness (QED) is 0.602. The molecule has 0 aliphatic heterocycles. The van der Waals surface area contributed by atoms with Crippen LogP contribution >= 0.6 is 0 Å². The van der Waals surface area contributed by atoms with Crippen molar-refractivity contribution in [1.29, 1.82) is 5.26 Å². The van der Waals surface area contributed by atoms with E-state index in [-0.39, 0.29) is 5.92 Å². The number of nitrogens with zero attached hydrogens (tertiary/aromatic N) is 1. The molecule has 0 amide bonds. The second-order valence-corrected chi connectivity index (χ2v) is 3.54. The van der Waals surface area contributed by atoms with E-state index in [1.165, 1.54) is 19.3 Å². The third-order valence-corrected chi connectivity index (χ3v) is 2.73. The van der Waals surface area contributed by atoms with Crippen LogP contribution < -0.4 is 0 Å². The molecule has 1 aliphatic carbocycles. The van der Waals surface area contributed by atoms with Gasteiger partial charge in [-0.2, -0.15) is 5.26 Å². The van der Waals surface area contributed by atoms with Crippen LogP contribution in [0.5, 0.6) is 0 Å². The molecule has 0 spiro atoms. The van der Waals surface area contributed by atoms with Crippen LogP contribution in [0, 0.1) is 23.2 Å². The van der Waals surface area contributed by atoms with E-state index in [1.54, 1.807) is 0 Å². The molecule has 0 aromatic heterocycles. The number of hydrogen-bond acceptors (Lipinski definition) is 2. The van der Waals surface area contributed by atoms with Gasteiger partial charge in [0, 0.05) is 6.42 Å². The van der Waals surface area contributed by atoms with Crippen LogP contribution in [0.1, 0.15) is 38.5 Å². The van der Waals surface area contributed by atoms with E-state index in [1.807, 2.05) is 0 Å². The van der Waals surface area contributed by atoms with E-state index >= 15 is 0 Å². The fourth-order valence-corrected chi connectivity index (χ4v) is 1.99. The summed E-state index contributed by atoms with van der Waals surface area (Å²) in [6.45, 7) is 0. The minimum atomic E-state index is -0.0113. The van der Waals surface area contributed by atoms with E-state index in [0.29, 0.717) is 12.3 Å². The fraction of sp³-hybridized carbons (Fsp3) is 0.800. The fourth-order valence-electron chi connectivity index (χ4n) is 1.99. The molecule has 0 radical (unpaired) electrons. The predicted octanol–water partition coefficient (Wildman–Crippen LogP) is 2.30. The highest BCUT2D eigenvalue weighted by molar-refractivity contribution is 5.50. The molecule has 2 heteroatoms. The Morgan fingerprint density at radius 2 is 2.08 bits per heavy atom. The van der Waals surface area contributed by atoms with E-state index in [9.17, 15) is 4.79 Å². The zero-order valence-corrected chi connectivity index (χ0v) is 7.33. The molecular formula is C10H15NO. The average molecular weight is 165 g/mol. The molecule has 1 rings (SSSR count). The Balaban J connectivity index is 2.41. The average Bonchev–Trinajstić information content (AvgIpc) is 2.15. The largest absolute Gasteiger partial charge is 0.303 e. The summed E-state index contributed by atoms with van der Waals surface area (Å²) >= 11 is 0. The van der Waals surface area contributed by atoms with Crippen molar-refractivity contribution in [3.05, 3.63) is 0 Å². The number of hydrogen-bond donors (Lipinski definition) is 0. The Kier molecular flexibility index (Phi) is 3.79. The van der Waals surface area contributed by atoms with Gasteiger partial charge in [-0.05, 0) is 18.8 Å². The van der Waals surface area contributed by atoms with E-state index in [0.717, 1.165) is 19.1 Å². The van der Waals surface area contributed by atoms with Gasteiger partial charge in [-0.15, -0.1) is 0 Å². The molecule has 1 fully saturated rings. The molecule has 0 heterocycles. The monoisotopic (exact) mass is 165 g/mol. The summed E-state index contributed by atoms with van der Waals surface area (Å²) < 4.78 is 0. The van der Waals surface area contributed by atoms with Gasteiger partial charge in [0.05, 0.1) is 12.0 Å². The zero-order chi connectivity index (χ0) is 8.81. The lowest BCUT2D eigenvalue weighted by Gasteiger charge is -2.24. The van der Waals surface area contributed by atoms with Gasteiger partial charge in [0.2, 0.25) is 0 Å². The maximum Gasteiger partial charge on any atom is 0.121 e. The van der Waals surface area contributed by atoms with Crippen molar-refractivity contribution in [1.82, 2.24) is 0 Å². The molecule has 1 aliphatic rings. The first-order valence-corrected chi connectivity index (χ1v) is 4.71. The predicted molar refractivity (Wildman–Crippen MR) is 46.4 cm³/mol. The van der Waals surface area contributed by atoms with Gasteiger partial charge in [-0.3, -0.25) is 0 Å². The summed E-state index contributed by atoms with van der Waals surface area (Å²) in [5.41, 5.74) is 0. The van der Waals surface area contributed by atoms with Crippen LogP contribution in [-0.4, -0.2) is 6.29 Å².